The molecule has 2 aliphatic heterocycles. The van der Waals surface area contributed by atoms with Crippen LogP contribution in [0.15, 0.2) is 48.5 Å². The first-order valence-electron chi connectivity index (χ1n) is 10.6. The van der Waals surface area contributed by atoms with Crippen LogP contribution in [0, 0.1) is 5.92 Å². The maximum atomic E-state index is 12.6. The SMILES string of the molecule is CN1C(=O)NC(=O)C(Cc2cc3c(s2)-n2c4ccccc4c4cccc(c42)[Si]3(C)C)C1=O. The smallest absolute Gasteiger partial charge is 0.301 e. The van der Waals surface area contributed by atoms with Crippen LogP contribution in [-0.2, 0) is 16.0 Å². The van der Waals surface area contributed by atoms with E-state index in [1.54, 1.807) is 11.3 Å². The summed E-state index contributed by atoms with van der Waals surface area (Å²) in [7, 11) is -0.580. The fraction of sp³-hybridized carbons (Fsp3) is 0.208. The largest absolute Gasteiger partial charge is 0.330 e. The summed E-state index contributed by atoms with van der Waals surface area (Å²) >= 11 is 1.66. The Kier molecular flexibility index (Phi) is 3.89. The Morgan fingerprint density at radius 1 is 1.00 bits per heavy atom. The second-order valence-corrected chi connectivity index (χ2v) is 14.5. The average molecular weight is 460 g/mol. The zero-order chi connectivity index (χ0) is 22.4. The average Bonchev–Trinajstić information content (AvgIpc) is 3.34. The van der Waals surface area contributed by atoms with Crippen molar-refractivity contribution in [2.45, 2.75) is 19.5 Å². The van der Waals surface area contributed by atoms with Crippen molar-refractivity contribution in [3.8, 4) is 5.00 Å². The van der Waals surface area contributed by atoms with Gasteiger partial charge in [0.15, 0.2) is 0 Å². The van der Waals surface area contributed by atoms with Crippen LogP contribution in [0.25, 0.3) is 26.8 Å². The Morgan fingerprint density at radius 2 is 1.75 bits per heavy atom. The number of benzene rings is 2. The lowest BCUT2D eigenvalue weighted by atomic mass is 10.0. The van der Waals surface area contributed by atoms with Gasteiger partial charge in [0, 0.05) is 29.1 Å². The molecule has 8 heteroatoms. The summed E-state index contributed by atoms with van der Waals surface area (Å²) in [6, 6.07) is 16.6. The molecule has 0 aliphatic carbocycles. The standard InChI is InChI=1S/C24H21N3O3SSi/c1-26-22(29)16(21(28)25-24(26)30)11-13-12-19-23(31-13)27-17-9-5-4-7-14(17)15-8-6-10-18(20(15)27)32(19,2)3/h4-10,12,16H,11H2,1-3H3,(H,25,28,30). The van der Waals surface area contributed by atoms with Gasteiger partial charge in [0.1, 0.15) is 14.0 Å². The van der Waals surface area contributed by atoms with Gasteiger partial charge < -0.3 is 4.57 Å². The summed E-state index contributed by atoms with van der Waals surface area (Å²) in [6.07, 6.45) is 0.295. The number of amides is 4. The Balaban J connectivity index is 1.54. The van der Waals surface area contributed by atoms with Gasteiger partial charge >= 0.3 is 6.03 Å². The molecule has 4 aromatic rings. The van der Waals surface area contributed by atoms with Crippen LogP contribution in [-0.4, -0.2) is 42.4 Å². The van der Waals surface area contributed by atoms with Gasteiger partial charge in [0.05, 0.1) is 16.0 Å². The third-order valence-corrected chi connectivity index (χ3v) is 11.7. The molecule has 6 nitrogen and oxygen atoms in total. The van der Waals surface area contributed by atoms with Crippen molar-refractivity contribution in [3.05, 3.63) is 53.4 Å². The molecule has 0 bridgehead atoms. The molecule has 1 N–H and O–H groups in total. The quantitative estimate of drug-likeness (QED) is 0.370. The number of nitrogens with zero attached hydrogens (tertiary/aromatic N) is 2. The summed E-state index contributed by atoms with van der Waals surface area (Å²) in [5.41, 5.74) is 2.45. The Morgan fingerprint density at radius 3 is 2.56 bits per heavy atom. The van der Waals surface area contributed by atoms with Crippen LogP contribution in [0.1, 0.15) is 4.88 Å². The normalized spacial score (nSPS) is 19.5. The van der Waals surface area contributed by atoms with E-state index < -0.39 is 31.8 Å². The van der Waals surface area contributed by atoms with Gasteiger partial charge in [0.2, 0.25) is 11.8 Å². The molecule has 0 spiro atoms. The number of fused-ring (bicyclic) bond motifs is 5. The van der Waals surface area contributed by atoms with E-state index in [9.17, 15) is 14.4 Å². The van der Waals surface area contributed by atoms with Crippen molar-refractivity contribution in [1.29, 1.82) is 0 Å². The Bertz CT molecular complexity index is 1500. The lowest BCUT2D eigenvalue weighted by Gasteiger charge is -2.30. The minimum atomic E-state index is -1.99. The monoisotopic (exact) mass is 459 g/mol. The predicted molar refractivity (Wildman–Crippen MR) is 129 cm³/mol. The highest BCUT2D eigenvalue weighted by Gasteiger charge is 2.41. The first kappa shape index (κ1) is 19.5. The third-order valence-electron chi connectivity index (χ3n) is 6.89. The molecule has 1 atom stereocenters. The molecule has 1 fully saturated rings. The molecular formula is C24H21N3O3SSi. The number of urea groups is 1. The van der Waals surface area contributed by atoms with Gasteiger partial charge in [0.25, 0.3) is 0 Å². The first-order chi connectivity index (χ1) is 15.3. The summed E-state index contributed by atoms with van der Waals surface area (Å²) in [5.74, 6) is -1.84. The van der Waals surface area contributed by atoms with E-state index in [1.165, 1.54) is 44.2 Å². The maximum Gasteiger partial charge on any atom is 0.330 e. The molecule has 2 aromatic carbocycles. The molecule has 4 amide bonds. The van der Waals surface area contributed by atoms with Gasteiger partial charge in [-0.15, -0.1) is 11.3 Å². The molecule has 1 saturated heterocycles. The van der Waals surface area contributed by atoms with Gasteiger partial charge in [-0.2, -0.15) is 0 Å². The fourth-order valence-electron chi connectivity index (χ4n) is 5.13. The van der Waals surface area contributed by atoms with Crippen LogP contribution < -0.4 is 15.7 Å². The fourth-order valence-corrected chi connectivity index (χ4v) is 10.1. The Labute approximate surface area is 189 Å². The topological polar surface area (TPSA) is 71.4 Å². The number of rotatable bonds is 2. The number of thiophene rings is 1. The van der Waals surface area contributed by atoms with Crippen LogP contribution in [0.5, 0.6) is 0 Å². The minimum Gasteiger partial charge on any atom is -0.301 e. The molecule has 6 rings (SSSR count). The minimum absolute atomic E-state index is 0.295. The summed E-state index contributed by atoms with van der Waals surface area (Å²) in [4.78, 5) is 38.8. The number of carbonyl (C=O) groups excluding carboxylic acids is 3. The highest BCUT2D eigenvalue weighted by atomic mass is 32.1. The predicted octanol–water partition coefficient (Wildman–Crippen LogP) is 2.85. The van der Waals surface area contributed by atoms with E-state index >= 15 is 0 Å². The van der Waals surface area contributed by atoms with E-state index in [4.69, 9.17) is 0 Å². The van der Waals surface area contributed by atoms with Crippen LogP contribution in [0.2, 0.25) is 13.1 Å². The van der Waals surface area contributed by atoms with E-state index in [0.717, 1.165) is 9.78 Å². The molecule has 160 valence electrons. The highest BCUT2D eigenvalue weighted by molar-refractivity contribution is 7.19. The van der Waals surface area contributed by atoms with Crippen molar-refractivity contribution >= 4 is 69.4 Å². The van der Waals surface area contributed by atoms with Crippen molar-refractivity contribution in [3.63, 3.8) is 0 Å². The van der Waals surface area contributed by atoms with Crippen molar-refractivity contribution in [1.82, 2.24) is 14.8 Å². The number of hydrogen-bond donors (Lipinski definition) is 1. The summed E-state index contributed by atoms with van der Waals surface area (Å²) < 4.78 is 2.36. The number of barbiturate groups is 1. The first-order valence-corrected chi connectivity index (χ1v) is 14.4. The molecule has 0 radical (unpaired) electrons. The number of imide groups is 2. The number of nitrogens with one attached hydrogen (secondary N) is 1. The van der Waals surface area contributed by atoms with E-state index in [2.05, 4.69) is 71.5 Å². The van der Waals surface area contributed by atoms with Crippen molar-refractivity contribution in [2.75, 3.05) is 7.05 Å². The zero-order valence-corrected chi connectivity index (χ0v) is 19.7. The lowest BCUT2D eigenvalue weighted by Crippen LogP contribution is -2.57. The summed E-state index contributed by atoms with van der Waals surface area (Å²) in [6.45, 7) is 4.73. The molecular weight excluding hydrogens is 438 g/mol. The maximum absolute atomic E-state index is 12.6. The number of carbonyl (C=O) groups is 3. The van der Waals surface area contributed by atoms with Crippen LogP contribution in [0.3, 0.4) is 0 Å². The molecule has 32 heavy (non-hydrogen) atoms. The van der Waals surface area contributed by atoms with Gasteiger partial charge in [-0.1, -0.05) is 49.5 Å². The number of para-hydroxylation sites is 2. The number of hydrogen-bond acceptors (Lipinski definition) is 4. The van der Waals surface area contributed by atoms with Gasteiger partial charge in [-0.25, -0.2) is 4.79 Å². The molecule has 2 aromatic heterocycles. The van der Waals surface area contributed by atoms with E-state index in [-0.39, 0.29) is 0 Å². The second kappa shape index (κ2) is 6.40. The highest BCUT2D eigenvalue weighted by Crippen LogP contribution is 2.38. The van der Waals surface area contributed by atoms with Crippen LogP contribution in [0.4, 0.5) is 4.79 Å². The second-order valence-electron chi connectivity index (χ2n) is 9.06. The van der Waals surface area contributed by atoms with Crippen molar-refractivity contribution < 1.29 is 14.4 Å². The Hall–Kier alpha value is -3.23. The molecule has 4 heterocycles. The molecule has 0 saturated carbocycles. The van der Waals surface area contributed by atoms with Gasteiger partial charge in [-0.05, 0) is 22.5 Å². The van der Waals surface area contributed by atoms with Gasteiger partial charge in [-0.3, -0.25) is 19.8 Å². The van der Waals surface area contributed by atoms with E-state index in [0.29, 0.717) is 6.42 Å². The van der Waals surface area contributed by atoms with E-state index in [1.807, 2.05) is 0 Å². The molecule has 1 unspecified atom stereocenters. The summed E-state index contributed by atoms with van der Waals surface area (Å²) in [5, 5.41) is 8.71. The number of aromatic nitrogens is 1. The lowest BCUT2D eigenvalue weighted by molar-refractivity contribution is -0.141. The zero-order valence-electron chi connectivity index (χ0n) is 17.9. The molecule has 2 aliphatic rings. The third kappa shape index (κ3) is 2.42. The van der Waals surface area contributed by atoms with Crippen LogP contribution >= 0.6 is 11.3 Å². The van der Waals surface area contributed by atoms with Crippen molar-refractivity contribution in [2.24, 2.45) is 5.92 Å².